The first-order valence-corrected chi connectivity index (χ1v) is 7.12. The van der Waals surface area contributed by atoms with Gasteiger partial charge in [-0.25, -0.2) is 4.39 Å². The summed E-state index contributed by atoms with van der Waals surface area (Å²) in [7, 11) is 0. The van der Waals surface area contributed by atoms with Crippen molar-refractivity contribution in [2.45, 2.75) is 38.5 Å². The van der Waals surface area contributed by atoms with Crippen molar-refractivity contribution >= 4 is 0 Å². The normalized spacial score (nSPS) is 17.5. The van der Waals surface area contributed by atoms with Crippen molar-refractivity contribution in [3.05, 3.63) is 47.0 Å². The van der Waals surface area contributed by atoms with Crippen LogP contribution in [0.2, 0.25) is 0 Å². The number of halogens is 3. The molecule has 22 heavy (non-hydrogen) atoms. The molecule has 1 aliphatic rings. The number of hydrogen-bond donors (Lipinski definition) is 2. The average molecular weight is 311 g/mol. The molecule has 1 unspecified atom stereocenters. The minimum atomic E-state index is -3.03. The molecule has 1 atom stereocenters. The van der Waals surface area contributed by atoms with Crippen LogP contribution in [0.5, 0.6) is 5.75 Å². The number of fused-ring (bicyclic) bond motifs is 1. The van der Waals surface area contributed by atoms with Crippen LogP contribution in [0.15, 0.2) is 24.4 Å². The number of nitrogens with one attached hydrogen (secondary N) is 2. The van der Waals surface area contributed by atoms with Gasteiger partial charge in [0.25, 0.3) is 0 Å². The molecule has 118 valence electrons. The third kappa shape index (κ3) is 3.24. The Hall–Kier alpha value is -2.02. The molecule has 0 spiro atoms. The first kappa shape index (κ1) is 14.9. The summed E-state index contributed by atoms with van der Waals surface area (Å²) in [5.74, 6) is -1.22. The Morgan fingerprint density at radius 1 is 1.41 bits per heavy atom. The standard InChI is InChI=1S/C15H16F3N3O/c16-11-6-9(4-5-13(11)22-15(17)18)7-19-12-3-1-2-10-8-20-21-14(10)12/h4-6,8,12,15,19H,1-3,7H2,(H,20,21). The van der Waals surface area contributed by atoms with E-state index in [9.17, 15) is 13.2 Å². The molecule has 2 aromatic rings. The Labute approximate surface area is 125 Å². The maximum absolute atomic E-state index is 13.7. The number of aromatic amines is 1. The highest BCUT2D eigenvalue weighted by atomic mass is 19.3. The maximum atomic E-state index is 13.7. The fraction of sp³-hybridized carbons (Fsp3) is 0.400. The van der Waals surface area contributed by atoms with Gasteiger partial charge in [-0.1, -0.05) is 6.07 Å². The second-order valence-corrected chi connectivity index (χ2v) is 5.28. The van der Waals surface area contributed by atoms with Gasteiger partial charge in [-0.3, -0.25) is 5.10 Å². The van der Waals surface area contributed by atoms with Gasteiger partial charge >= 0.3 is 6.61 Å². The Morgan fingerprint density at radius 3 is 3.05 bits per heavy atom. The number of benzene rings is 1. The van der Waals surface area contributed by atoms with Gasteiger partial charge in [0.05, 0.1) is 11.9 Å². The molecule has 1 aliphatic carbocycles. The number of aromatic nitrogens is 2. The van der Waals surface area contributed by atoms with Crippen LogP contribution in [-0.4, -0.2) is 16.8 Å². The Morgan fingerprint density at radius 2 is 2.27 bits per heavy atom. The van der Waals surface area contributed by atoms with Crippen molar-refractivity contribution in [1.82, 2.24) is 15.5 Å². The van der Waals surface area contributed by atoms with E-state index in [0.717, 1.165) is 25.0 Å². The monoisotopic (exact) mass is 311 g/mol. The largest absolute Gasteiger partial charge is 0.432 e. The number of rotatable bonds is 5. The van der Waals surface area contributed by atoms with E-state index in [0.29, 0.717) is 12.1 Å². The lowest BCUT2D eigenvalue weighted by molar-refractivity contribution is -0.0522. The van der Waals surface area contributed by atoms with Crippen LogP contribution in [0, 0.1) is 5.82 Å². The van der Waals surface area contributed by atoms with E-state index in [1.165, 1.54) is 17.7 Å². The molecule has 0 bridgehead atoms. The fourth-order valence-electron chi connectivity index (χ4n) is 2.75. The highest BCUT2D eigenvalue weighted by molar-refractivity contribution is 5.30. The lowest BCUT2D eigenvalue weighted by Crippen LogP contribution is -2.24. The molecule has 0 fully saturated rings. The van der Waals surface area contributed by atoms with Crippen LogP contribution in [0.1, 0.15) is 35.7 Å². The molecule has 7 heteroatoms. The van der Waals surface area contributed by atoms with Crippen molar-refractivity contribution in [2.24, 2.45) is 0 Å². The average Bonchev–Trinajstić information content (AvgIpc) is 2.96. The van der Waals surface area contributed by atoms with Crippen LogP contribution in [0.4, 0.5) is 13.2 Å². The number of alkyl halides is 2. The van der Waals surface area contributed by atoms with Crippen LogP contribution in [-0.2, 0) is 13.0 Å². The van der Waals surface area contributed by atoms with E-state index in [-0.39, 0.29) is 6.04 Å². The number of H-pyrrole nitrogens is 1. The first-order valence-electron chi connectivity index (χ1n) is 7.12. The van der Waals surface area contributed by atoms with Crippen LogP contribution in [0.3, 0.4) is 0 Å². The quantitative estimate of drug-likeness (QED) is 0.890. The lowest BCUT2D eigenvalue weighted by Gasteiger charge is -2.23. The minimum Gasteiger partial charge on any atom is -0.432 e. The van der Waals surface area contributed by atoms with E-state index in [4.69, 9.17) is 0 Å². The summed E-state index contributed by atoms with van der Waals surface area (Å²) in [5, 5.41) is 10.4. The molecule has 1 aromatic carbocycles. The Bertz CT molecular complexity index is 645. The summed E-state index contributed by atoms with van der Waals surface area (Å²) in [5.41, 5.74) is 2.95. The smallest absolute Gasteiger partial charge is 0.387 e. The third-order valence-corrected chi connectivity index (χ3v) is 3.80. The third-order valence-electron chi connectivity index (χ3n) is 3.80. The summed E-state index contributed by atoms with van der Waals surface area (Å²) in [6, 6.07) is 4.15. The van der Waals surface area contributed by atoms with Gasteiger partial charge in [0.2, 0.25) is 0 Å². The van der Waals surface area contributed by atoms with Gasteiger partial charge in [-0.2, -0.15) is 13.9 Å². The van der Waals surface area contributed by atoms with Gasteiger partial charge < -0.3 is 10.1 Å². The molecule has 0 amide bonds. The lowest BCUT2D eigenvalue weighted by atomic mass is 9.93. The Kier molecular flexibility index (Phi) is 4.33. The van der Waals surface area contributed by atoms with Crippen LogP contribution >= 0.6 is 0 Å². The molecule has 0 saturated carbocycles. The maximum Gasteiger partial charge on any atom is 0.387 e. The van der Waals surface area contributed by atoms with Gasteiger partial charge in [-0.15, -0.1) is 0 Å². The molecular formula is C15H16F3N3O. The van der Waals surface area contributed by atoms with Crippen molar-refractivity contribution in [3.8, 4) is 5.75 Å². The molecule has 2 N–H and O–H groups in total. The summed E-state index contributed by atoms with van der Waals surface area (Å²) in [6.45, 7) is -2.59. The van der Waals surface area contributed by atoms with Crippen molar-refractivity contribution in [2.75, 3.05) is 0 Å². The molecule has 1 heterocycles. The van der Waals surface area contributed by atoms with Crippen molar-refractivity contribution < 1.29 is 17.9 Å². The second-order valence-electron chi connectivity index (χ2n) is 5.28. The number of aryl methyl sites for hydroxylation is 1. The van der Waals surface area contributed by atoms with E-state index in [1.807, 2.05) is 6.20 Å². The highest BCUT2D eigenvalue weighted by Gasteiger charge is 2.21. The summed E-state index contributed by atoms with van der Waals surface area (Å²) < 4.78 is 41.9. The zero-order valence-electron chi connectivity index (χ0n) is 11.8. The molecule has 0 radical (unpaired) electrons. The molecule has 0 saturated heterocycles. The number of ether oxygens (including phenoxy) is 1. The molecule has 4 nitrogen and oxygen atoms in total. The van der Waals surface area contributed by atoms with E-state index in [2.05, 4.69) is 20.3 Å². The number of hydrogen-bond acceptors (Lipinski definition) is 3. The van der Waals surface area contributed by atoms with Gasteiger partial charge in [0.15, 0.2) is 11.6 Å². The van der Waals surface area contributed by atoms with Crippen LogP contribution < -0.4 is 10.1 Å². The minimum absolute atomic E-state index is 0.145. The zero-order chi connectivity index (χ0) is 15.5. The fourth-order valence-corrected chi connectivity index (χ4v) is 2.75. The van der Waals surface area contributed by atoms with E-state index >= 15 is 0 Å². The topological polar surface area (TPSA) is 49.9 Å². The van der Waals surface area contributed by atoms with E-state index < -0.39 is 18.2 Å². The Balaban J connectivity index is 1.64. The zero-order valence-corrected chi connectivity index (χ0v) is 11.8. The molecular weight excluding hydrogens is 295 g/mol. The molecule has 3 rings (SSSR count). The SMILES string of the molecule is Fc1cc(CNC2CCCc3cn[nH]c32)ccc1OC(F)F. The summed E-state index contributed by atoms with van der Waals surface area (Å²) in [4.78, 5) is 0. The van der Waals surface area contributed by atoms with Gasteiger partial charge in [-0.05, 0) is 42.5 Å². The number of nitrogens with zero attached hydrogens (tertiary/aromatic N) is 1. The predicted molar refractivity (Wildman–Crippen MR) is 74.1 cm³/mol. The molecule has 0 aliphatic heterocycles. The first-order chi connectivity index (χ1) is 10.6. The van der Waals surface area contributed by atoms with Gasteiger partial charge in [0, 0.05) is 12.6 Å². The van der Waals surface area contributed by atoms with Crippen molar-refractivity contribution in [3.63, 3.8) is 0 Å². The summed E-state index contributed by atoms with van der Waals surface area (Å²) in [6.07, 6.45) is 4.89. The summed E-state index contributed by atoms with van der Waals surface area (Å²) >= 11 is 0. The van der Waals surface area contributed by atoms with E-state index in [1.54, 1.807) is 6.07 Å². The van der Waals surface area contributed by atoms with Crippen LogP contribution in [0.25, 0.3) is 0 Å². The van der Waals surface area contributed by atoms with Crippen molar-refractivity contribution in [1.29, 1.82) is 0 Å². The second kappa shape index (κ2) is 6.39. The predicted octanol–water partition coefficient (Wildman–Crippen LogP) is 3.32. The highest BCUT2D eigenvalue weighted by Crippen LogP contribution is 2.28. The van der Waals surface area contributed by atoms with Gasteiger partial charge in [0.1, 0.15) is 0 Å². The molecule has 1 aromatic heterocycles.